The van der Waals surface area contributed by atoms with Crippen molar-refractivity contribution < 1.29 is 0 Å². The molecule has 1 atom stereocenters. The van der Waals surface area contributed by atoms with Crippen molar-refractivity contribution in [3.63, 3.8) is 0 Å². The van der Waals surface area contributed by atoms with Gasteiger partial charge in [0.15, 0.2) is 0 Å². The van der Waals surface area contributed by atoms with Gasteiger partial charge in [0, 0.05) is 6.07 Å². The normalized spacial score (nSPS) is 27.9. The SMILES string of the molecule is C1=NC=NC2=CN=C[N+]12c1ccn[nH]1. The number of rotatable bonds is 1. The molecule has 0 aromatic carbocycles. The molecule has 2 aliphatic heterocycles. The molecule has 3 heterocycles. The first-order valence-corrected chi connectivity index (χ1v) is 4.12. The quantitative estimate of drug-likeness (QED) is 0.644. The fourth-order valence-corrected chi connectivity index (χ4v) is 1.51. The van der Waals surface area contributed by atoms with Crippen LogP contribution in [0, 0.1) is 0 Å². The summed E-state index contributed by atoms with van der Waals surface area (Å²) in [5.74, 6) is 1.68. The molecule has 0 spiro atoms. The Morgan fingerprint density at radius 1 is 1.21 bits per heavy atom. The number of H-pyrrole nitrogens is 1. The van der Waals surface area contributed by atoms with E-state index >= 15 is 0 Å². The van der Waals surface area contributed by atoms with Gasteiger partial charge in [-0.2, -0.15) is 15.1 Å². The number of aliphatic imine (C=N–C) groups is 3. The summed E-state index contributed by atoms with van der Waals surface area (Å²) in [7, 11) is 0. The highest BCUT2D eigenvalue weighted by Crippen LogP contribution is 2.28. The predicted molar refractivity (Wildman–Crippen MR) is 53.9 cm³/mol. The number of hydrogen-bond acceptors (Lipinski definition) is 4. The number of hydrogen-bond donors (Lipinski definition) is 1. The fraction of sp³-hybridized carbons (Fsp3) is 0. The van der Waals surface area contributed by atoms with E-state index in [4.69, 9.17) is 0 Å². The first-order valence-electron chi connectivity index (χ1n) is 4.12. The van der Waals surface area contributed by atoms with Crippen LogP contribution in [-0.4, -0.2) is 29.2 Å². The Balaban J connectivity index is 2.20. The van der Waals surface area contributed by atoms with Crippen LogP contribution in [0.4, 0.5) is 5.82 Å². The van der Waals surface area contributed by atoms with Crippen molar-refractivity contribution in [2.75, 3.05) is 0 Å². The molecule has 1 N–H and O–H groups in total. The van der Waals surface area contributed by atoms with E-state index in [0.717, 1.165) is 11.6 Å². The van der Waals surface area contributed by atoms with Gasteiger partial charge >= 0.3 is 0 Å². The Labute approximate surface area is 79.6 Å². The molecule has 6 nitrogen and oxygen atoms in total. The Hall–Kier alpha value is -2.08. The maximum absolute atomic E-state index is 4.16. The second-order valence-corrected chi connectivity index (χ2v) is 2.98. The number of aromatic amines is 1. The van der Waals surface area contributed by atoms with Crippen LogP contribution in [-0.2, 0) is 0 Å². The number of quaternary nitrogens is 1. The van der Waals surface area contributed by atoms with E-state index in [1.165, 1.54) is 6.34 Å². The van der Waals surface area contributed by atoms with Gasteiger partial charge in [0.1, 0.15) is 12.5 Å². The van der Waals surface area contributed by atoms with Gasteiger partial charge in [-0.3, -0.25) is 0 Å². The number of nitrogens with one attached hydrogen (secondary N) is 1. The van der Waals surface area contributed by atoms with Crippen molar-refractivity contribution in [2.45, 2.75) is 0 Å². The zero-order valence-corrected chi connectivity index (χ0v) is 7.20. The lowest BCUT2D eigenvalue weighted by molar-refractivity contribution is 0.720. The molecule has 3 rings (SSSR count). The summed E-state index contributed by atoms with van der Waals surface area (Å²) < 4.78 is 0.288. The van der Waals surface area contributed by atoms with E-state index < -0.39 is 0 Å². The van der Waals surface area contributed by atoms with Crippen molar-refractivity contribution in [1.29, 1.82) is 0 Å². The minimum Gasteiger partial charge on any atom is -0.231 e. The van der Waals surface area contributed by atoms with Gasteiger partial charge in [-0.1, -0.05) is 0 Å². The van der Waals surface area contributed by atoms with Gasteiger partial charge < -0.3 is 0 Å². The van der Waals surface area contributed by atoms with Crippen LogP contribution in [0.15, 0.2) is 39.3 Å². The van der Waals surface area contributed by atoms with Crippen LogP contribution < -0.4 is 4.48 Å². The monoisotopic (exact) mass is 187 g/mol. The minimum atomic E-state index is 0.288. The first-order chi connectivity index (χ1) is 6.92. The molecule has 0 fully saturated rings. The molecular formula is C8H7N6+. The van der Waals surface area contributed by atoms with Crippen molar-refractivity contribution >= 4 is 24.8 Å². The van der Waals surface area contributed by atoms with Crippen LogP contribution in [0.1, 0.15) is 0 Å². The Kier molecular flexibility index (Phi) is 1.29. The predicted octanol–water partition coefficient (Wildman–Crippen LogP) is 0.628. The second-order valence-electron chi connectivity index (χ2n) is 2.98. The van der Waals surface area contributed by atoms with Crippen LogP contribution in [0.5, 0.6) is 0 Å². The lowest BCUT2D eigenvalue weighted by Gasteiger charge is -2.22. The second kappa shape index (κ2) is 2.46. The summed E-state index contributed by atoms with van der Waals surface area (Å²) in [5.41, 5.74) is 0. The summed E-state index contributed by atoms with van der Waals surface area (Å²) in [4.78, 5) is 12.3. The van der Waals surface area contributed by atoms with Gasteiger partial charge in [-0.15, -0.1) is 4.48 Å². The average Bonchev–Trinajstić information content (AvgIpc) is 2.87. The van der Waals surface area contributed by atoms with E-state index in [-0.39, 0.29) is 4.48 Å². The summed E-state index contributed by atoms with van der Waals surface area (Å²) in [6.45, 7) is 0. The molecule has 2 aliphatic rings. The van der Waals surface area contributed by atoms with Gasteiger partial charge in [0.25, 0.3) is 5.82 Å². The molecule has 68 valence electrons. The van der Waals surface area contributed by atoms with Crippen molar-refractivity contribution in [3.05, 3.63) is 24.3 Å². The van der Waals surface area contributed by atoms with Crippen LogP contribution in [0.2, 0.25) is 0 Å². The topological polar surface area (TPSA) is 65.8 Å². The van der Waals surface area contributed by atoms with Gasteiger partial charge in [-0.05, 0) is 0 Å². The third-order valence-electron chi connectivity index (χ3n) is 2.21. The van der Waals surface area contributed by atoms with Crippen molar-refractivity contribution in [2.24, 2.45) is 15.0 Å². The van der Waals surface area contributed by atoms with E-state index in [0.29, 0.717) is 0 Å². The number of nitrogens with zero attached hydrogens (tertiary/aromatic N) is 5. The van der Waals surface area contributed by atoms with E-state index in [9.17, 15) is 0 Å². The molecule has 0 radical (unpaired) electrons. The lowest BCUT2D eigenvalue weighted by Crippen LogP contribution is -2.44. The molecule has 6 heteroatoms. The Morgan fingerprint density at radius 2 is 2.14 bits per heavy atom. The lowest BCUT2D eigenvalue weighted by atomic mass is 10.4. The first kappa shape index (κ1) is 7.34. The van der Waals surface area contributed by atoms with E-state index in [1.54, 1.807) is 25.1 Å². The van der Waals surface area contributed by atoms with Crippen LogP contribution in [0.3, 0.4) is 0 Å². The molecular weight excluding hydrogens is 180 g/mol. The molecule has 0 saturated carbocycles. The average molecular weight is 187 g/mol. The van der Waals surface area contributed by atoms with E-state index in [2.05, 4.69) is 25.2 Å². The highest BCUT2D eigenvalue weighted by atomic mass is 15.5. The van der Waals surface area contributed by atoms with Crippen molar-refractivity contribution in [3.8, 4) is 0 Å². The molecule has 1 aromatic rings. The van der Waals surface area contributed by atoms with Gasteiger partial charge in [-0.25, -0.2) is 10.1 Å². The molecule has 1 unspecified atom stereocenters. The van der Waals surface area contributed by atoms with Crippen LogP contribution in [0.25, 0.3) is 0 Å². The summed E-state index contributed by atoms with van der Waals surface area (Å²) in [5, 5.41) is 6.80. The largest absolute Gasteiger partial charge is 0.266 e. The highest BCUT2D eigenvalue weighted by molar-refractivity contribution is 6.01. The highest BCUT2D eigenvalue weighted by Gasteiger charge is 2.39. The summed E-state index contributed by atoms with van der Waals surface area (Å²) in [6.07, 6.45) is 8.42. The van der Waals surface area contributed by atoms with Gasteiger partial charge in [0.05, 0.1) is 6.20 Å². The fourth-order valence-electron chi connectivity index (χ4n) is 1.51. The summed E-state index contributed by atoms with van der Waals surface area (Å²) in [6, 6.07) is 1.87. The maximum Gasteiger partial charge on any atom is 0.266 e. The molecule has 0 aliphatic carbocycles. The van der Waals surface area contributed by atoms with E-state index in [1.807, 2.05) is 6.07 Å². The third-order valence-corrected chi connectivity index (χ3v) is 2.21. The molecule has 0 saturated heterocycles. The molecule has 1 aromatic heterocycles. The summed E-state index contributed by atoms with van der Waals surface area (Å²) >= 11 is 0. The molecule has 0 amide bonds. The smallest absolute Gasteiger partial charge is 0.231 e. The van der Waals surface area contributed by atoms with Crippen LogP contribution >= 0.6 is 0 Å². The standard InChI is InChI=1S/C8H7N6/c1-2-12-13-7(1)14-5-9-3-8(14)11-4-10-6-14/h1-6H,(H,12,13)/q+1. The zero-order valence-electron chi connectivity index (χ0n) is 7.20. The Bertz CT molecular complexity index is 466. The Morgan fingerprint density at radius 3 is 3.00 bits per heavy atom. The molecule has 14 heavy (non-hydrogen) atoms. The third kappa shape index (κ3) is 0.775. The zero-order chi connectivity index (χ0) is 9.43. The minimum absolute atomic E-state index is 0.288. The van der Waals surface area contributed by atoms with Gasteiger partial charge in [0.2, 0.25) is 18.5 Å². The number of aromatic nitrogens is 2. The molecule has 0 bridgehead atoms. The maximum atomic E-state index is 4.16. The number of fused-ring (bicyclic) bond motifs is 1. The van der Waals surface area contributed by atoms with Crippen molar-refractivity contribution in [1.82, 2.24) is 14.7 Å².